The summed E-state index contributed by atoms with van der Waals surface area (Å²) in [6.07, 6.45) is 3.82. The van der Waals surface area contributed by atoms with Gasteiger partial charge in [0, 0.05) is 25.5 Å². The van der Waals surface area contributed by atoms with E-state index < -0.39 is 15.8 Å². The van der Waals surface area contributed by atoms with E-state index in [1.807, 2.05) is 16.9 Å². The molecule has 0 bridgehead atoms. The molecule has 1 aromatic heterocycles. The predicted molar refractivity (Wildman–Crippen MR) is 63.5 cm³/mol. The molecule has 0 unspecified atom stereocenters. The van der Waals surface area contributed by atoms with E-state index in [9.17, 15) is 17.2 Å². The molecule has 0 amide bonds. The number of sulfonamides is 1. The Labute approximate surface area is 105 Å². The van der Waals surface area contributed by atoms with Crippen molar-refractivity contribution in [3.05, 3.63) is 30.1 Å². The number of pyridine rings is 1. The van der Waals surface area contributed by atoms with E-state index in [1.54, 1.807) is 12.4 Å². The average Bonchev–Trinajstić information content (AvgIpc) is 2.34. The van der Waals surface area contributed by atoms with E-state index >= 15 is 0 Å². The molecular formula is C10H15F2N3O2S. The molecule has 102 valence electrons. The first kappa shape index (κ1) is 14.9. The van der Waals surface area contributed by atoms with E-state index in [-0.39, 0.29) is 6.54 Å². The minimum atomic E-state index is -4.46. The minimum absolute atomic E-state index is 0.00723. The Hall–Kier alpha value is -1.12. The maximum absolute atomic E-state index is 11.9. The van der Waals surface area contributed by atoms with Crippen LogP contribution in [0, 0.1) is 0 Å². The molecule has 0 aliphatic heterocycles. The molecule has 0 atom stereocenters. The maximum atomic E-state index is 11.9. The Balaban J connectivity index is 2.10. The number of nitrogens with zero attached hydrogens (tertiary/aromatic N) is 1. The van der Waals surface area contributed by atoms with Gasteiger partial charge in [-0.15, -0.1) is 0 Å². The fourth-order valence-electron chi connectivity index (χ4n) is 1.23. The minimum Gasteiger partial charge on any atom is -0.313 e. The van der Waals surface area contributed by atoms with Gasteiger partial charge in [0.2, 0.25) is 0 Å². The van der Waals surface area contributed by atoms with Gasteiger partial charge in [-0.3, -0.25) is 4.98 Å². The summed E-state index contributed by atoms with van der Waals surface area (Å²) >= 11 is 0. The van der Waals surface area contributed by atoms with Crippen molar-refractivity contribution in [2.75, 3.05) is 13.1 Å². The van der Waals surface area contributed by atoms with Gasteiger partial charge in [0.1, 0.15) is 0 Å². The Morgan fingerprint density at radius 1 is 1.33 bits per heavy atom. The normalized spacial score (nSPS) is 11.9. The molecular weight excluding hydrogens is 264 g/mol. The first-order valence-electron chi connectivity index (χ1n) is 5.38. The molecule has 0 spiro atoms. The van der Waals surface area contributed by atoms with Gasteiger partial charge < -0.3 is 5.32 Å². The maximum Gasteiger partial charge on any atom is 0.350 e. The van der Waals surface area contributed by atoms with Crippen molar-refractivity contribution in [2.45, 2.75) is 18.7 Å². The summed E-state index contributed by atoms with van der Waals surface area (Å²) in [6.45, 7) is 1.13. The highest BCUT2D eigenvalue weighted by molar-refractivity contribution is 7.89. The van der Waals surface area contributed by atoms with Crippen LogP contribution in [-0.2, 0) is 16.6 Å². The number of hydrogen-bond donors (Lipinski definition) is 2. The van der Waals surface area contributed by atoms with Crippen LogP contribution < -0.4 is 10.0 Å². The van der Waals surface area contributed by atoms with Crippen molar-refractivity contribution in [3.63, 3.8) is 0 Å². The summed E-state index contributed by atoms with van der Waals surface area (Å²) in [4.78, 5) is 3.94. The summed E-state index contributed by atoms with van der Waals surface area (Å²) in [6, 6.07) is 3.72. The molecule has 0 aliphatic carbocycles. The molecule has 0 aliphatic rings. The van der Waals surface area contributed by atoms with E-state index in [2.05, 4.69) is 10.3 Å². The molecule has 18 heavy (non-hydrogen) atoms. The molecule has 1 heterocycles. The van der Waals surface area contributed by atoms with Crippen LogP contribution in [0.1, 0.15) is 12.0 Å². The summed E-state index contributed by atoms with van der Waals surface area (Å²) in [7, 11) is -4.46. The molecule has 1 aromatic rings. The highest BCUT2D eigenvalue weighted by Gasteiger charge is 2.22. The number of rotatable bonds is 8. The number of halogens is 2. The second kappa shape index (κ2) is 7.34. The van der Waals surface area contributed by atoms with Gasteiger partial charge >= 0.3 is 5.76 Å². The highest BCUT2D eigenvalue weighted by Crippen LogP contribution is 2.01. The standard InChI is InChI=1S/C10H15F2N3O2S/c11-10(12)18(16,17)15-6-2-5-14-8-9-3-1-4-13-7-9/h1,3-4,7,10,14-15H,2,5-6,8H2. The van der Waals surface area contributed by atoms with Crippen molar-refractivity contribution in [2.24, 2.45) is 0 Å². The first-order valence-corrected chi connectivity index (χ1v) is 6.93. The third-order valence-corrected chi connectivity index (χ3v) is 3.20. The van der Waals surface area contributed by atoms with Crippen molar-refractivity contribution in [1.82, 2.24) is 15.0 Å². The lowest BCUT2D eigenvalue weighted by Gasteiger charge is -2.06. The molecule has 0 fully saturated rings. The Bertz CT molecular complexity index is 440. The zero-order valence-corrected chi connectivity index (χ0v) is 10.5. The average molecular weight is 279 g/mol. The highest BCUT2D eigenvalue weighted by atomic mass is 32.2. The summed E-state index contributed by atoms with van der Waals surface area (Å²) in [5, 5.41) is 3.05. The van der Waals surface area contributed by atoms with Crippen LogP contribution in [0.4, 0.5) is 8.78 Å². The molecule has 2 N–H and O–H groups in total. The molecule has 0 radical (unpaired) electrons. The summed E-state index contributed by atoms with van der Waals surface area (Å²) < 4.78 is 47.1. The van der Waals surface area contributed by atoms with E-state index in [1.165, 1.54) is 0 Å². The Kier molecular flexibility index (Phi) is 6.10. The van der Waals surface area contributed by atoms with E-state index in [4.69, 9.17) is 0 Å². The zero-order chi connectivity index (χ0) is 13.4. The molecule has 0 saturated heterocycles. The SMILES string of the molecule is O=S(=O)(NCCCNCc1cccnc1)C(F)F. The Morgan fingerprint density at radius 3 is 2.72 bits per heavy atom. The lowest BCUT2D eigenvalue weighted by Crippen LogP contribution is -2.31. The topological polar surface area (TPSA) is 71.1 Å². The Morgan fingerprint density at radius 2 is 2.11 bits per heavy atom. The quantitative estimate of drug-likeness (QED) is 0.687. The predicted octanol–water partition coefficient (Wildman–Crippen LogP) is 0.703. The first-order chi connectivity index (χ1) is 8.52. The van der Waals surface area contributed by atoms with Crippen LogP contribution in [0.15, 0.2) is 24.5 Å². The monoisotopic (exact) mass is 279 g/mol. The largest absolute Gasteiger partial charge is 0.350 e. The third-order valence-electron chi connectivity index (χ3n) is 2.12. The zero-order valence-electron chi connectivity index (χ0n) is 9.64. The third kappa shape index (κ3) is 5.48. The van der Waals surface area contributed by atoms with Crippen LogP contribution in [0.3, 0.4) is 0 Å². The van der Waals surface area contributed by atoms with Gasteiger partial charge in [-0.2, -0.15) is 8.78 Å². The lowest BCUT2D eigenvalue weighted by atomic mass is 10.3. The van der Waals surface area contributed by atoms with Gasteiger partial charge in [-0.1, -0.05) is 6.07 Å². The molecule has 0 aromatic carbocycles. The summed E-state index contributed by atoms with van der Waals surface area (Å²) in [5.41, 5.74) is 1.01. The van der Waals surface area contributed by atoms with Gasteiger partial charge in [-0.25, -0.2) is 13.1 Å². The fourth-order valence-corrected chi connectivity index (χ4v) is 1.78. The number of hydrogen-bond acceptors (Lipinski definition) is 4. The van der Waals surface area contributed by atoms with E-state index in [0.717, 1.165) is 5.56 Å². The number of aromatic nitrogens is 1. The van der Waals surface area contributed by atoms with Gasteiger partial charge in [0.25, 0.3) is 10.0 Å². The van der Waals surface area contributed by atoms with Crippen LogP contribution in [0.25, 0.3) is 0 Å². The van der Waals surface area contributed by atoms with Crippen molar-refractivity contribution in [3.8, 4) is 0 Å². The molecule has 5 nitrogen and oxygen atoms in total. The molecule has 8 heteroatoms. The number of nitrogens with one attached hydrogen (secondary N) is 2. The second-order valence-corrected chi connectivity index (χ2v) is 5.33. The van der Waals surface area contributed by atoms with Crippen LogP contribution in [0.2, 0.25) is 0 Å². The smallest absolute Gasteiger partial charge is 0.313 e. The second-order valence-electron chi connectivity index (χ2n) is 3.59. The van der Waals surface area contributed by atoms with Gasteiger partial charge in [-0.05, 0) is 24.6 Å². The van der Waals surface area contributed by atoms with Gasteiger partial charge in [0.15, 0.2) is 0 Å². The molecule has 1 rings (SSSR count). The summed E-state index contributed by atoms with van der Waals surface area (Å²) in [5.74, 6) is -3.37. The molecule has 0 saturated carbocycles. The number of alkyl halides is 2. The van der Waals surface area contributed by atoms with E-state index in [0.29, 0.717) is 19.5 Å². The van der Waals surface area contributed by atoms with Crippen LogP contribution in [0.5, 0.6) is 0 Å². The lowest BCUT2D eigenvalue weighted by molar-refractivity contribution is 0.232. The fraction of sp³-hybridized carbons (Fsp3) is 0.500. The van der Waals surface area contributed by atoms with Crippen LogP contribution >= 0.6 is 0 Å². The van der Waals surface area contributed by atoms with Crippen molar-refractivity contribution in [1.29, 1.82) is 0 Å². The van der Waals surface area contributed by atoms with Crippen LogP contribution in [-0.4, -0.2) is 32.2 Å². The van der Waals surface area contributed by atoms with Gasteiger partial charge in [0.05, 0.1) is 0 Å². The van der Waals surface area contributed by atoms with Crippen molar-refractivity contribution < 1.29 is 17.2 Å². The van der Waals surface area contributed by atoms with Crippen molar-refractivity contribution >= 4 is 10.0 Å².